The Balaban J connectivity index is 0.000000368. The first kappa shape index (κ1) is 31.9. The number of benzene rings is 2. The second-order valence-electron chi connectivity index (χ2n) is 9.70. The molecule has 1 atom stereocenters. The number of rotatable bonds is 9. The minimum Gasteiger partial charge on any atom is -0.490 e. The Morgan fingerprint density at radius 1 is 1.26 bits per heavy atom. The number of carboxylic acid groups (broad SMARTS) is 1. The van der Waals surface area contributed by atoms with Gasteiger partial charge in [-0.25, -0.2) is 0 Å². The quantitative estimate of drug-likeness (QED) is 0.309. The fraction of sp³-hybridized carbons (Fsp3) is 0.433. The number of nitrogens with zero attached hydrogens (tertiary/aromatic N) is 2. The van der Waals surface area contributed by atoms with E-state index < -0.39 is 5.97 Å². The summed E-state index contributed by atoms with van der Waals surface area (Å²) in [5.74, 6) is -0.126. The first-order chi connectivity index (χ1) is 18.6. The van der Waals surface area contributed by atoms with Gasteiger partial charge in [0.25, 0.3) is 0 Å². The second-order valence-corrected chi connectivity index (χ2v) is 10.9. The molecule has 1 heterocycles. The van der Waals surface area contributed by atoms with E-state index in [1.54, 1.807) is 18.8 Å². The standard InChI is InChI=1S/C23H26N2OS.C5H9NO2.C2H5NO/c1-15(2)26-22-12-11-18(13-19(22)14-24)23(25-4)27-16(3)20-9-5-7-17-8-6-10-21(17)20;1-6-2-4(3-6)5(7)8;1-3-2-4/h5,7,9,11-13,15,23,25H,3,6,8,10H2,1-2,4H3;4H,2-3H2,1H3,(H,7,8);2H,1H3,(H,3,4). The van der Waals surface area contributed by atoms with Crippen LogP contribution in [0.3, 0.4) is 0 Å². The molecule has 1 saturated heterocycles. The van der Waals surface area contributed by atoms with Gasteiger partial charge in [-0.3, -0.25) is 9.59 Å². The van der Waals surface area contributed by atoms with E-state index in [0.29, 0.717) is 17.7 Å². The van der Waals surface area contributed by atoms with Crippen molar-refractivity contribution < 1.29 is 19.4 Å². The average molecular weight is 553 g/mol. The van der Waals surface area contributed by atoms with Crippen LogP contribution in [0.1, 0.15) is 53.5 Å². The van der Waals surface area contributed by atoms with Crippen LogP contribution in [0.4, 0.5) is 0 Å². The summed E-state index contributed by atoms with van der Waals surface area (Å²) in [5.41, 5.74) is 5.77. The van der Waals surface area contributed by atoms with E-state index in [9.17, 15) is 10.1 Å². The summed E-state index contributed by atoms with van der Waals surface area (Å²) in [5, 5.41) is 23.4. The molecule has 0 bridgehead atoms. The Hall–Kier alpha value is -3.32. The van der Waals surface area contributed by atoms with Gasteiger partial charge < -0.3 is 25.4 Å². The van der Waals surface area contributed by atoms with Crippen LogP contribution in [0.15, 0.2) is 43.0 Å². The fourth-order valence-electron chi connectivity index (χ4n) is 4.39. The molecule has 39 heavy (non-hydrogen) atoms. The van der Waals surface area contributed by atoms with Gasteiger partial charge in [0.2, 0.25) is 6.41 Å². The van der Waals surface area contributed by atoms with Crippen molar-refractivity contribution >= 4 is 29.0 Å². The number of hydrogen-bond acceptors (Lipinski definition) is 7. The van der Waals surface area contributed by atoms with Crippen LogP contribution in [0.2, 0.25) is 0 Å². The minimum atomic E-state index is -0.664. The van der Waals surface area contributed by atoms with Crippen molar-refractivity contribution in [1.29, 1.82) is 5.26 Å². The first-order valence-corrected chi connectivity index (χ1v) is 13.9. The summed E-state index contributed by atoms with van der Waals surface area (Å²) in [7, 11) is 5.41. The van der Waals surface area contributed by atoms with Crippen molar-refractivity contribution in [3.05, 3.63) is 70.8 Å². The maximum absolute atomic E-state index is 10.1. The van der Waals surface area contributed by atoms with Gasteiger partial charge >= 0.3 is 5.97 Å². The Bertz CT molecular complexity index is 1170. The van der Waals surface area contributed by atoms with Crippen LogP contribution in [0.25, 0.3) is 4.91 Å². The zero-order chi connectivity index (χ0) is 28.9. The van der Waals surface area contributed by atoms with Crippen LogP contribution < -0.4 is 15.4 Å². The highest BCUT2D eigenvalue weighted by Gasteiger charge is 2.29. The normalized spacial score (nSPS) is 14.8. The zero-order valence-corrected chi connectivity index (χ0v) is 24.3. The number of thioether (sulfide) groups is 1. The van der Waals surface area contributed by atoms with Crippen molar-refractivity contribution in [2.45, 2.75) is 44.6 Å². The lowest BCUT2D eigenvalue weighted by Crippen LogP contribution is -2.47. The minimum absolute atomic E-state index is 0.0231. The summed E-state index contributed by atoms with van der Waals surface area (Å²) in [6.45, 7) is 9.71. The lowest BCUT2D eigenvalue weighted by atomic mass is 10.0. The molecule has 2 aromatic rings. The lowest BCUT2D eigenvalue weighted by molar-refractivity contribution is -0.146. The van der Waals surface area contributed by atoms with Gasteiger partial charge in [-0.05, 0) is 81.6 Å². The van der Waals surface area contributed by atoms with E-state index in [-0.39, 0.29) is 17.4 Å². The molecule has 4 rings (SSSR count). The number of amides is 1. The molecular weight excluding hydrogens is 512 g/mol. The molecule has 0 spiro atoms. The number of nitriles is 1. The Morgan fingerprint density at radius 2 is 1.95 bits per heavy atom. The number of ether oxygens (including phenoxy) is 1. The Labute approximate surface area is 236 Å². The third-order valence-corrected chi connectivity index (χ3v) is 7.54. The van der Waals surface area contributed by atoms with E-state index in [2.05, 4.69) is 41.5 Å². The monoisotopic (exact) mass is 552 g/mol. The van der Waals surface area contributed by atoms with E-state index >= 15 is 0 Å². The van der Waals surface area contributed by atoms with Gasteiger partial charge in [0.15, 0.2) is 0 Å². The number of carbonyl (C=O) groups excluding carboxylic acids is 1. The fourth-order valence-corrected chi connectivity index (χ4v) is 5.39. The van der Waals surface area contributed by atoms with E-state index in [1.165, 1.54) is 29.5 Å². The highest BCUT2D eigenvalue weighted by molar-refractivity contribution is 8.08. The topological polar surface area (TPSA) is 115 Å². The molecular formula is C30H40N4O4S. The van der Waals surface area contributed by atoms with Crippen molar-refractivity contribution in [1.82, 2.24) is 15.5 Å². The predicted octanol–water partition coefficient (Wildman–Crippen LogP) is 4.45. The van der Waals surface area contributed by atoms with Crippen molar-refractivity contribution in [3.63, 3.8) is 0 Å². The number of carbonyl (C=O) groups is 2. The maximum Gasteiger partial charge on any atom is 0.309 e. The summed E-state index contributed by atoms with van der Waals surface area (Å²) in [4.78, 5) is 22.2. The summed E-state index contributed by atoms with van der Waals surface area (Å²) < 4.78 is 5.74. The molecule has 2 aromatic carbocycles. The molecule has 0 radical (unpaired) electrons. The summed E-state index contributed by atoms with van der Waals surface area (Å²) >= 11 is 1.70. The van der Waals surface area contributed by atoms with Crippen molar-refractivity contribution in [2.24, 2.45) is 5.92 Å². The molecule has 1 amide bonds. The molecule has 8 nitrogen and oxygen atoms in total. The maximum atomic E-state index is 10.1. The van der Waals surface area contributed by atoms with Crippen LogP contribution in [0.5, 0.6) is 5.75 Å². The lowest BCUT2D eigenvalue weighted by Gasteiger charge is -2.32. The van der Waals surface area contributed by atoms with Gasteiger partial charge in [-0.2, -0.15) is 5.26 Å². The van der Waals surface area contributed by atoms with Gasteiger partial charge in [0.1, 0.15) is 11.8 Å². The van der Waals surface area contributed by atoms with Crippen LogP contribution in [0, 0.1) is 17.2 Å². The Kier molecular flexibility index (Phi) is 13.0. The third-order valence-electron chi connectivity index (χ3n) is 6.29. The van der Waals surface area contributed by atoms with Crippen LogP contribution >= 0.6 is 11.8 Å². The first-order valence-electron chi connectivity index (χ1n) is 13.0. The largest absolute Gasteiger partial charge is 0.490 e. The number of hydrogen-bond donors (Lipinski definition) is 3. The second kappa shape index (κ2) is 15.9. The molecule has 1 fully saturated rings. The number of aliphatic carboxylic acids is 1. The SMILES string of the molecule is C=C(SC(NC)c1ccc(OC(C)C)c(C#N)c1)c1cccc2c1CCC2.CN1CC(C(=O)O)C1.CNC=O. The number of aryl methyl sites for hydroxylation is 1. The highest BCUT2D eigenvalue weighted by Crippen LogP contribution is 2.41. The van der Waals surface area contributed by atoms with Gasteiger partial charge in [-0.15, -0.1) is 11.8 Å². The smallest absolute Gasteiger partial charge is 0.309 e. The average Bonchev–Trinajstić information content (AvgIpc) is 3.39. The molecule has 1 aliphatic carbocycles. The third kappa shape index (κ3) is 9.43. The highest BCUT2D eigenvalue weighted by atomic mass is 32.2. The van der Waals surface area contributed by atoms with Gasteiger partial charge in [-0.1, -0.05) is 30.8 Å². The summed E-state index contributed by atoms with van der Waals surface area (Å²) in [6.07, 6.45) is 4.19. The molecule has 3 N–H and O–H groups in total. The molecule has 1 aliphatic heterocycles. The molecule has 1 unspecified atom stereocenters. The number of carboxylic acids is 1. The molecule has 0 saturated carbocycles. The zero-order valence-electron chi connectivity index (χ0n) is 23.5. The van der Waals surface area contributed by atoms with Crippen molar-refractivity contribution in [2.75, 3.05) is 34.2 Å². The van der Waals surface area contributed by atoms with Crippen molar-refractivity contribution in [3.8, 4) is 11.8 Å². The number of fused-ring (bicyclic) bond motifs is 1. The number of nitrogens with one attached hydrogen (secondary N) is 2. The Morgan fingerprint density at radius 3 is 2.46 bits per heavy atom. The van der Waals surface area contributed by atoms with E-state index in [0.717, 1.165) is 30.0 Å². The molecule has 9 heteroatoms. The van der Waals surface area contributed by atoms with Gasteiger partial charge in [0.05, 0.1) is 23.0 Å². The molecule has 210 valence electrons. The number of likely N-dealkylation sites (tertiary alicyclic amines) is 1. The van der Waals surface area contributed by atoms with Crippen LogP contribution in [-0.4, -0.2) is 62.7 Å². The van der Waals surface area contributed by atoms with E-state index in [1.807, 2.05) is 51.0 Å². The predicted molar refractivity (Wildman–Crippen MR) is 158 cm³/mol. The van der Waals surface area contributed by atoms with Crippen LogP contribution in [-0.2, 0) is 22.4 Å². The molecule has 2 aliphatic rings. The molecule has 0 aromatic heterocycles. The van der Waals surface area contributed by atoms with E-state index in [4.69, 9.17) is 14.6 Å². The van der Waals surface area contributed by atoms with Gasteiger partial charge in [0, 0.05) is 25.0 Å². The summed E-state index contributed by atoms with van der Waals surface area (Å²) in [6, 6.07) is 14.6.